The highest BCUT2D eigenvalue weighted by atomic mass is 14.9. The van der Waals surface area contributed by atoms with E-state index in [0.717, 1.165) is 6.42 Å². The van der Waals surface area contributed by atoms with Crippen molar-refractivity contribution in [2.75, 3.05) is 5.32 Å². The molecule has 1 heteroatoms. The van der Waals surface area contributed by atoms with Crippen LogP contribution in [0.25, 0.3) is 0 Å². The largest absolute Gasteiger partial charge is 0.378 e. The second kappa shape index (κ2) is 5.58. The van der Waals surface area contributed by atoms with E-state index in [4.69, 9.17) is 0 Å². The maximum absolute atomic E-state index is 3.74. The van der Waals surface area contributed by atoms with Crippen LogP contribution in [0.3, 0.4) is 0 Å². The zero-order valence-corrected chi connectivity index (χ0v) is 13.4. The third-order valence-electron chi connectivity index (χ3n) is 5.08. The molecule has 114 valence electrons. The molecular weight excluding hydrogens is 278 g/mol. The van der Waals surface area contributed by atoms with Crippen LogP contribution in [0.1, 0.15) is 36.1 Å². The van der Waals surface area contributed by atoms with Gasteiger partial charge in [-0.1, -0.05) is 85.8 Å². The smallest absolute Gasteiger partial charge is 0.0525 e. The fourth-order valence-electron chi connectivity index (χ4n) is 3.81. The molecule has 2 atom stereocenters. The highest BCUT2D eigenvalue weighted by Gasteiger charge is 2.38. The van der Waals surface area contributed by atoms with Gasteiger partial charge in [-0.2, -0.15) is 0 Å². The van der Waals surface area contributed by atoms with Crippen LogP contribution in [-0.4, -0.2) is 0 Å². The van der Waals surface area contributed by atoms with E-state index < -0.39 is 0 Å². The number of benzene rings is 3. The second-order valence-electron chi connectivity index (χ2n) is 6.56. The van der Waals surface area contributed by atoms with Crippen molar-refractivity contribution < 1.29 is 0 Å². The molecule has 1 heterocycles. The van der Waals surface area contributed by atoms with E-state index in [0.29, 0.717) is 6.04 Å². The van der Waals surface area contributed by atoms with Gasteiger partial charge in [0, 0.05) is 11.1 Å². The lowest BCUT2D eigenvalue weighted by atomic mass is 9.68. The molecule has 0 aliphatic carbocycles. The summed E-state index contributed by atoms with van der Waals surface area (Å²) in [6.45, 7) is 2.37. The lowest BCUT2D eigenvalue weighted by Gasteiger charge is -2.41. The maximum Gasteiger partial charge on any atom is 0.0525 e. The molecule has 0 radical (unpaired) electrons. The quantitative estimate of drug-likeness (QED) is 0.654. The Morgan fingerprint density at radius 2 is 1.39 bits per heavy atom. The van der Waals surface area contributed by atoms with E-state index in [1.54, 1.807) is 0 Å². The van der Waals surface area contributed by atoms with Crippen molar-refractivity contribution in [3.63, 3.8) is 0 Å². The maximum atomic E-state index is 3.74. The fraction of sp³-hybridized carbons (Fsp3) is 0.182. The van der Waals surface area contributed by atoms with Gasteiger partial charge in [0.05, 0.1) is 6.04 Å². The third kappa shape index (κ3) is 2.43. The Morgan fingerprint density at radius 1 is 0.783 bits per heavy atom. The summed E-state index contributed by atoms with van der Waals surface area (Å²) in [7, 11) is 0. The predicted octanol–water partition coefficient (Wildman–Crippen LogP) is 5.55. The minimum atomic E-state index is 0.0175. The van der Waals surface area contributed by atoms with Gasteiger partial charge in [0.15, 0.2) is 0 Å². The third-order valence-corrected chi connectivity index (χ3v) is 5.08. The number of hydrogen-bond acceptors (Lipinski definition) is 1. The lowest BCUT2D eigenvalue weighted by molar-refractivity contribution is 0.460. The molecule has 0 amide bonds. The summed E-state index contributed by atoms with van der Waals surface area (Å²) in [5, 5.41) is 3.74. The molecule has 1 aliphatic rings. The molecule has 0 saturated heterocycles. The average molecular weight is 299 g/mol. The Balaban J connectivity index is 1.85. The molecule has 0 aromatic heterocycles. The molecule has 1 N–H and O–H groups in total. The Hall–Kier alpha value is -2.54. The van der Waals surface area contributed by atoms with Gasteiger partial charge in [-0.3, -0.25) is 0 Å². The highest BCUT2D eigenvalue weighted by molar-refractivity contribution is 5.61. The Bertz CT molecular complexity index is 794. The second-order valence-corrected chi connectivity index (χ2v) is 6.56. The zero-order valence-electron chi connectivity index (χ0n) is 13.4. The van der Waals surface area contributed by atoms with E-state index in [1.807, 2.05) is 0 Å². The first-order valence-corrected chi connectivity index (χ1v) is 8.24. The SMILES string of the molecule is CC1(c2ccccc2)CC(c2ccccc2)Nc2ccccc21. The molecule has 1 nitrogen and oxygen atoms in total. The summed E-state index contributed by atoms with van der Waals surface area (Å²) in [6, 6.07) is 30.7. The van der Waals surface area contributed by atoms with Crippen LogP contribution < -0.4 is 5.32 Å². The van der Waals surface area contributed by atoms with Gasteiger partial charge in [0.25, 0.3) is 0 Å². The van der Waals surface area contributed by atoms with Gasteiger partial charge in [-0.15, -0.1) is 0 Å². The van der Waals surface area contributed by atoms with Crippen molar-refractivity contribution in [1.82, 2.24) is 0 Å². The van der Waals surface area contributed by atoms with Crippen LogP contribution in [0.5, 0.6) is 0 Å². The molecule has 0 bridgehead atoms. The first kappa shape index (κ1) is 14.1. The Kier molecular flexibility index (Phi) is 3.42. The monoisotopic (exact) mass is 299 g/mol. The Morgan fingerprint density at radius 3 is 2.13 bits per heavy atom. The number of anilines is 1. The van der Waals surface area contributed by atoms with Gasteiger partial charge in [-0.25, -0.2) is 0 Å². The van der Waals surface area contributed by atoms with Crippen molar-refractivity contribution in [2.45, 2.75) is 24.8 Å². The van der Waals surface area contributed by atoms with Crippen molar-refractivity contribution in [3.05, 3.63) is 102 Å². The Labute approximate surface area is 138 Å². The first-order valence-electron chi connectivity index (χ1n) is 8.24. The first-order chi connectivity index (χ1) is 11.3. The minimum Gasteiger partial charge on any atom is -0.378 e. The van der Waals surface area contributed by atoms with Crippen molar-refractivity contribution in [2.24, 2.45) is 0 Å². The number of para-hydroxylation sites is 1. The van der Waals surface area contributed by atoms with Crippen LogP contribution in [0.15, 0.2) is 84.9 Å². The van der Waals surface area contributed by atoms with E-state index >= 15 is 0 Å². The number of rotatable bonds is 2. The van der Waals surface area contributed by atoms with Crippen LogP contribution in [0.4, 0.5) is 5.69 Å². The van der Waals surface area contributed by atoms with Gasteiger partial charge < -0.3 is 5.32 Å². The topological polar surface area (TPSA) is 12.0 Å². The molecule has 4 rings (SSSR count). The number of hydrogen-bond donors (Lipinski definition) is 1. The van der Waals surface area contributed by atoms with Gasteiger partial charge in [-0.05, 0) is 29.2 Å². The van der Waals surface area contributed by atoms with E-state index in [-0.39, 0.29) is 5.41 Å². The lowest BCUT2D eigenvalue weighted by Crippen LogP contribution is -2.34. The summed E-state index contributed by atoms with van der Waals surface area (Å²) in [5.41, 5.74) is 5.39. The number of nitrogens with one attached hydrogen (secondary N) is 1. The molecular formula is C22H21N. The number of fused-ring (bicyclic) bond motifs is 1. The molecule has 23 heavy (non-hydrogen) atoms. The van der Waals surface area contributed by atoms with Crippen LogP contribution in [-0.2, 0) is 5.41 Å². The zero-order chi connectivity index (χ0) is 15.7. The van der Waals surface area contributed by atoms with Crippen molar-refractivity contribution >= 4 is 5.69 Å². The van der Waals surface area contributed by atoms with E-state index in [2.05, 4.69) is 97.2 Å². The van der Waals surface area contributed by atoms with E-state index in [9.17, 15) is 0 Å². The highest BCUT2D eigenvalue weighted by Crippen LogP contribution is 2.47. The summed E-state index contributed by atoms with van der Waals surface area (Å²) < 4.78 is 0. The molecule has 0 fully saturated rings. The standard InChI is InChI=1S/C22H21N/c1-22(18-12-6-3-7-13-18)16-21(17-10-4-2-5-11-17)23-20-15-9-8-14-19(20)22/h2-15,21,23H,16H2,1H3. The molecule has 3 aromatic carbocycles. The van der Waals surface area contributed by atoms with Crippen molar-refractivity contribution in [3.8, 4) is 0 Å². The van der Waals surface area contributed by atoms with Crippen LogP contribution in [0.2, 0.25) is 0 Å². The summed E-state index contributed by atoms with van der Waals surface area (Å²) in [4.78, 5) is 0. The van der Waals surface area contributed by atoms with Crippen LogP contribution in [0, 0.1) is 0 Å². The summed E-state index contributed by atoms with van der Waals surface area (Å²) >= 11 is 0. The van der Waals surface area contributed by atoms with Crippen LogP contribution >= 0.6 is 0 Å². The van der Waals surface area contributed by atoms with Gasteiger partial charge in [0.2, 0.25) is 0 Å². The minimum absolute atomic E-state index is 0.0175. The summed E-state index contributed by atoms with van der Waals surface area (Å²) in [5.74, 6) is 0. The molecule has 2 unspecified atom stereocenters. The molecule has 3 aromatic rings. The van der Waals surface area contributed by atoms with Gasteiger partial charge in [0.1, 0.15) is 0 Å². The molecule has 0 saturated carbocycles. The van der Waals surface area contributed by atoms with E-state index in [1.165, 1.54) is 22.4 Å². The van der Waals surface area contributed by atoms with Gasteiger partial charge >= 0.3 is 0 Å². The summed E-state index contributed by atoms with van der Waals surface area (Å²) in [6.07, 6.45) is 1.05. The molecule has 1 aliphatic heterocycles. The predicted molar refractivity (Wildman–Crippen MR) is 96.8 cm³/mol. The average Bonchev–Trinajstić information content (AvgIpc) is 2.63. The normalized spacial score (nSPS) is 22.9. The van der Waals surface area contributed by atoms with Crippen molar-refractivity contribution in [1.29, 1.82) is 0 Å². The fourth-order valence-corrected chi connectivity index (χ4v) is 3.81. The molecule has 0 spiro atoms.